The van der Waals surface area contributed by atoms with Crippen LogP contribution in [-0.4, -0.2) is 17.5 Å². The summed E-state index contributed by atoms with van der Waals surface area (Å²) < 4.78 is 0. The lowest BCUT2D eigenvalue weighted by Crippen LogP contribution is -2.31. The van der Waals surface area contributed by atoms with E-state index in [2.05, 4.69) is 24.0 Å². The Kier molecular flexibility index (Phi) is 2.40. The van der Waals surface area contributed by atoms with Gasteiger partial charge in [-0.15, -0.1) is 0 Å². The molecular formula is C14H20N2. The molecule has 0 radical (unpaired) electrons. The maximum absolute atomic E-state index is 5.95. The molecule has 1 aliphatic carbocycles. The Bertz CT molecular complexity index is 400. The molecule has 86 valence electrons. The molecule has 2 unspecified atom stereocenters. The van der Waals surface area contributed by atoms with Crippen LogP contribution in [-0.2, 0) is 6.54 Å². The second-order valence-electron chi connectivity index (χ2n) is 5.39. The topological polar surface area (TPSA) is 29.3 Å². The number of likely N-dealkylation sites (tertiary alicyclic amines) is 1. The largest absolute Gasteiger partial charge is 0.399 e. The fourth-order valence-corrected chi connectivity index (χ4v) is 3.31. The first kappa shape index (κ1) is 10.2. The predicted octanol–water partition coefficient (Wildman–Crippen LogP) is 2.56. The smallest absolute Gasteiger partial charge is 0.0346 e. The highest BCUT2D eigenvalue weighted by Gasteiger charge is 2.37. The van der Waals surface area contributed by atoms with E-state index >= 15 is 0 Å². The van der Waals surface area contributed by atoms with Gasteiger partial charge in [-0.25, -0.2) is 0 Å². The van der Waals surface area contributed by atoms with Crippen LogP contribution >= 0.6 is 0 Å². The standard InChI is InChI=1S/C14H20N2/c1-10-12(3-2-4-14(10)15)9-16-8-11-5-6-13(16)7-11/h2-4,11,13H,5-9,15H2,1H3. The van der Waals surface area contributed by atoms with Crippen LogP contribution in [0.2, 0.25) is 0 Å². The molecule has 0 aromatic heterocycles. The van der Waals surface area contributed by atoms with Crippen molar-refractivity contribution in [1.82, 2.24) is 4.90 Å². The molecule has 1 aromatic carbocycles. The predicted molar refractivity (Wildman–Crippen MR) is 67.1 cm³/mol. The monoisotopic (exact) mass is 216 g/mol. The molecular weight excluding hydrogens is 196 g/mol. The second-order valence-corrected chi connectivity index (χ2v) is 5.39. The van der Waals surface area contributed by atoms with Gasteiger partial charge in [0.15, 0.2) is 0 Å². The Labute approximate surface area is 97.4 Å². The van der Waals surface area contributed by atoms with Crippen molar-refractivity contribution in [3.8, 4) is 0 Å². The van der Waals surface area contributed by atoms with E-state index in [9.17, 15) is 0 Å². The van der Waals surface area contributed by atoms with E-state index < -0.39 is 0 Å². The van der Waals surface area contributed by atoms with Gasteiger partial charge in [-0.1, -0.05) is 12.1 Å². The summed E-state index contributed by atoms with van der Waals surface area (Å²) in [5.74, 6) is 0.978. The molecule has 1 aliphatic heterocycles. The molecule has 1 aromatic rings. The van der Waals surface area contributed by atoms with E-state index in [0.717, 1.165) is 24.2 Å². The van der Waals surface area contributed by atoms with E-state index in [1.807, 2.05) is 6.07 Å². The maximum Gasteiger partial charge on any atom is 0.0346 e. The number of nitrogens with zero attached hydrogens (tertiary/aromatic N) is 1. The lowest BCUT2D eigenvalue weighted by atomic mass is 10.0. The molecule has 1 heterocycles. The number of anilines is 1. The third-order valence-electron chi connectivity index (χ3n) is 4.38. The molecule has 2 bridgehead atoms. The SMILES string of the molecule is Cc1c(N)cccc1CN1CC2CCC1C2. The number of rotatable bonds is 2. The molecule has 2 nitrogen and oxygen atoms in total. The van der Waals surface area contributed by atoms with Crippen molar-refractivity contribution in [2.24, 2.45) is 5.92 Å². The third-order valence-corrected chi connectivity index (χ3v) is 4.38. The van der Waals surface area contributed by atoms with Gasteiger partial charge >= 0.3 is 0 Å². The quantitative estimate of drug-likeness (QED) is 0.770. The van der Waals surface area contributed by atoms with Gasteiger partial charge in [0.1, 0.15) is 0 Å². The maximum atomic E-state index is 5.95. The number of nitrogens with two attached hydrogens (primary N) is 1. The van der Waals surface area contributed by atoms with Crippen LogP contribution in [0.15, 0.2) is 18.2 Å². The summed E-state index contributed by atoms with van der Waals surface area (Å²) in [6.07, 6.45) is 4.30. The molecule has 1 saturated carbocycles. The lowest BCUT2D eigenvalue weighted by Gasteiger charge is -2.27. The summed E-state index contributed by atoms with van der Waals surface area (Å²) in [6, 6.07) is 7.14. The molecule has 3 rings (SSSR count). The molecule has 2 fully saturated rings. The highest BCUT2D eigenvalue weighted by Crippen LogP contribution is 2.38. The zero-order valence-corrected chi connectivity index (χ0v) is 9.95. The number of hydrogen-bond acceptors (Lipinski definition) is 2. The molecule has 0 amide bonds. The van der Waals surface area contributed by atoms with Crippen LogP contribution in [0.3, 0.4) is 0 Å². The Morgan fingerprint density at radius 1 is 1.38 bits per heavy atom. The summed E-state index contributed by atoms with van der Waals surface area (Å²) in [4.78, 5) is 2.65. The number of fused-ring (bicyclic) bond motifs is 2. The lowest BCUT2D eigenvalue weighted by molar-refractivity contribution is 0.205. The molecule has 2 aliphatic rings. The number of nitrogen functional groups attached to an aromatic ring is 1. The first-order chi connectivity index (χ1) is 7.74. The molecule has 2 heteroatoms. The second kappa shape index (κ2) is 3.77. The van der Waals surface area contributed by atoms with Crippen LogP contribution in [0.25, 0.3) is 0 Å². The van der Waals surface area contributed by atoms with E-state index in [1.54, 1.807) is 0 Å². The van der Waals surface area contributed by atoms with Crippen molar-refractivity contribution in [3.63, 3.8) is 0 Å². The Morgan fingerprint density at radius 3 is 2.94 bits per heavy atom. The fraction of sp³-hybridized carbons (Fsp3) is 0.571. The summed E-state index contributed by atoms with van der Waals surface area (Å²) in [6.45, 7) is 4.54. The zero-order chi connectivity index (χ0) is 11.1. The Morgan fingerprint density at radius 2 is 2.25 bits per heavy atom. The van der Waals surface area contributed by atoms with Crippen molar-refractivity contribution >= 4 is 5.69 Å². The normalized spacial score (nSPS) is 28.8. The zero-order valence-electron chi connectivity index (χ0n) is 9.95. The molecule has 1 saturated heterocycles. The first-order valence-corrected chi connectivity index (χ1v) is 6.32. The summed E-state index contributed by atoms with van der Waals surface area (Å²) >= 11 is 0. The van der Waals surface area contributed by atoms with Gasteiger partial charge < -0.3 is 5.73 Å². The highest BCUT2D eigenvalue weighted by molar-refractivity contribution is 5.49. The Hall–Kier alpha value is -1.02. The average molecular weight is 216 g/mol. The van der Waals surface area contributed by atoms with Crippen molar-refractivity contribution in [2.45, 2.75) is 38.8 Å². The van der Waals surface area contributed by atoms with Crippen LogP contribution < -0.4 is 5.73 Å². The van der Waals surface area contributed by atoms with Gasteiger partial charge in [0, 0.05) is 24.8 Å². The number of piperidine rings is 1. The van der Waals surface area contributed by atoms with Crippen molar-refractivity contribution < 1.29 is 0 Å². The minimum atomic E-state index is 0.853. The number of benzene rings is 1. The van der Waals surface area contributed by atoms with Gasteiger partial charge in [-0.05, 0) is 49.3 Å². The van der Waals surface area contributed by atoms with Crippen LogP contribution in [0.5, 0.6) is 0 Å². The highest BCUT2D eigenvalue weighted by atomic mass is 15.2. The molecule has 2 N–H and O–H groups in total. The minimum Gasteiger partial charge on any atom is -0.399 e. The van der Waals surface area contributed by atoms with Gasteiger partial charge in [0.2, 0.25) is 0 Å². The summed E-state index contributed by atoms with van der Waals surface area (Å²) in [5.41, 5.74) is 9.56. The number of hydrogen-bond donors (Lipinski definition) is 1. The van der Waals surface area contributed by atoms with Crippen LogP contribution in [0.1, 0.15) is 30.4 Å². The van der Waals surface area contributed by atoms with E-state index in [-0.39, 0.29) is 0 Å². The fourth-order valence-electron chi connectivity index (χ4n) is 3.31. The third kappa shape index (κ3) is 1.61. The van der Waals surface area contributed by atoms with Crippen molar-refractivity contribution in [1.29, 1.82) is 0 Å². The van der Waals surface area contributed by atoms with Gasteiger partial charge in [0.05, 0.1) is 0 Å². The van der Waals surface area contributed by atoms with E-state index in [0.29, 0.717) is 0 Å². The van der Waals surface area contributed by atoms with Gasteiger partial charge in [-0.3, -0.25) is 4.90 Å². The first-order valence-electron chi connectivity index (χ1n) is 6.32. The Balaban J connectivity index is 1.77. The summed E-state index contributed by atoms with van der Waals surface area (Å²) in [5, 5.41) is 0. The van der Waals surface area contributed by atoms with Gasteiger partial charge in [-0.2, -0.15) is 0 Å². The van der Waals surface area contributed by atoms with Crippen molar-refractivity contribution in [3.05, 3.63) is 29.3 Å². The van der Waals surface area contributed by atoms with E-state index in [1.165, 1.54) is 36.9 Å². The molecule has 0 spiro atoms. The minimum absolute atomic E-state index is 0.853. The van der Waals surface area contributed by atoms with Gasteiger partial charge in [0.25, 0.3) is 0 Å². The van der Waals surface area contributed by atoms with E-state index in [4.69, 9.17) is 5.73 Å². The summed E-state index contributed by atoms with van der Waals surface area (Å²) in [7, 11) is 0. The molecule has 2 atom stereocenters. The average Bonchev–Trinajstić information content (AvgIpc) is 2.86. The van der Waals surface area contributed by atoms with Crippen molar-refractivity contribution in [2.75, 3.05) is 12.3 Å². The molecule has 16 heavy (non-hydrogen) atoms. The van der Waals surface area contributed by atoms with Crippen LogP contribution in [0.4, 0.5) is 5.69 Å². The van der Waals surface area contributed by atoms with Crippen LogP contribution in [0, 0.1) is 12.8 Å².